The molecule has 0 atom stereocenters. The SMILES string of the molecule is Nc1cc(-c2cccc(F)c2)nc2ccnn12. The summed E-state index contributed by atoms with van der Waals surface area (Å²) in [7, 11) is 0. The van der Waals surface area contributed by atoms with E-state index in [0.29, 0.717) is 22.7 Å². The van der Waals surface area contributed by atoms with Gasteiger partial charge in [0.1, 0.15) is 11.6 Å². The van der Waals surface area contributed by atoms with Crippen LogP contribution in [0.15, 0.2) is 42.6 Å². The Labute approximate surface area is 96.5 Å². The number of aromatic nitrogens is 3. The summed E-state index contributed by atoms with van der Waals surface area (Å²) in [4.78, 5) is 4.36. The molecule has 0 amide bonds. The lowest BCUT2D eigenvalue weighted by Gasteiger charge is -2.04. The Morgan fingerprint density at radius 1 is 1.18 bits per heavy atom. The van der Waals surface area contributed by atoms with Crippen LogP contribution in [-0.4, -0.2) is 14.6 Å². The highest BCUT2D eigenvalue weighted by Crippen LogP contribution is 2.21. The molecule has 5 heteroatoms. The van der Waals surface area contributed by atoms with Crippen LogP contribution in [0, 0.1) is 5.82 Å². The van der Waals surface area contributed by atoms with Gasteiger partial charge in [-0.15, -0.1) is 0 Å². The molecular weight excluding hydrogens is 219 g/mol. The maximum absolute atomic E-state index is 13.1. The minimum Gasteiger partial charge on any atom is -0.384 e. The molecule has 0 bridgehead atoms. The van der Waals surface area contributed by atoms with Crippen molar-refractivity contribution < 1.29 is 4.39 Å². The van der Waals surface area contributed by atoms with Crippen LogP contribution in [0.4, 0.5) is 10.2 Å². The van der Waals surface area contributed by atoms with Gasteiger partial charge in [0.05, 0.1) is 11.9 Å². The van der Waals surface area contributed by atoms with Crippen molar-refractivity contribution in [1.82, 2.24) is 14.6 Å². The van der Waals surface area contributed by atoms with Crippen LogP contribution in [0.2, 0.25) is 0 Å². The summed E-state index contributed by atoms with van der Waals surface area (Å²) in [5.74, 6) is 0.176. The summed E-state index contributed by atoms with van der Waals surface area (Å²) in [6, 6.07) is 9.67. The number of anilines is 1. The van der Waals surface area contributed by atoms with Gasteiger partial charge in [0.25, 0.3) is 0 Å². The second-order valence-corrected chi connectivity index (χ2v) is 3.68. The topological polar surface area (TPSA) is 56.2 Å². The minimum absolute atomic E-state index is 0.295. The fraction of sp³-hybridized carbons (Fsp3) is 0. The molecule has 17 heavy (non-hydrogen) atoms. The number of rotatable bonds is 1. The van der Waals surface area contributed by atoms with E-state index in [9.17, 15) is 4.39 Å². The Hall–Kier alpha value is -2.43. The molecule has 0 aliphatic heterocycles. The van der Waals surface area contributed by atoms with E-state index in [1.165, 1.54) is 16.6 Å². The third-order valence-electron chi connectivity index (χ3n) is 2.51. The first kappa shape index (κ1) is 9.77. The lowest BCUT2D eigenvalue weighted by atomic mass is 10.1. The maximum atomic E-state index is 13.1. The molecule has 0 spiro atoms. The number of fused-ring (bicyclic) bond motifs is 1. The Balaban J connectivity index is 2.23. The third-order valence-corrected chi connectivity index (χ3v) is 2.51. The zero-order valence-electron chi connectivity index (χ0n) is 8.84. The molecule has 0 unspecified atom stereocenters. The van der Waals surface area contributed by atoms with E-state index >= 15 is 0 Å². The first-order chi connectivity index (χ1) is 8.24. The standard InChI is InChI=1S/C12H9FN4/c13-9-3-1-2-8(6-9)10-7-11(14)17-12(16-10)4-5-15-17/h1-7H,14H2. The van der Waals surface area contributed by atoms with E-state index in [0.717, 1.165) is 0 Å². The fourth-order valence-corrected chi connectivity index (χ4v) is 1.73. The second-order valence-electron chi connectivity index (χ2n) is 3.68. The van der Waals surface area contributed by atoms with Crippen molar-refractivity contribution in [3.05, 3.63) is 48.4 Å². The monoisotopic (exact) mass is 228 g/mol. The zero-order valence-corrected chi connectivity index (χ0v) is 8.84. The van der Waals surface area contributed by atoms with Gasteiger partial charge in [0, 0.05) is 17.7 Å². The van der Waals surface area contributed by atoms with Crippen molar-refractivity contribution in [3.63, 3.8) is 0 Å². The van der Waals surface area contributed by atoms with Gasteiger partial charge in [0.15, 0.2) is 5.65 Å². The quantitative estimate of drug-likeness (QED) is 0.694. The van der Waals surface area contributed by atoms with Gasteiger partial charge in [-0.05, 0) is 12.1 Å². The van der Waals surface area contributed by atoms with Crippen molar-refractivity contribution in [3.8, 4) is 11.3 Å². The smallest absolute Gasteiger partial charge is 0.157 e. The van der Waals surface area contributed by atoms with E-state index in [-0.39, 0.29) is 5.82 Å². The van der Waals surface area contributed by atoms with E-state index in [2.05, 4.69) is 10.1 Å². The molecule has 0 fully saturated rings. The predicted octanol–water partition coefficient (Wildman–Crippen LogP) is 2.12. The van der Waals surface area contributed by atoms with Crippen molar-refractivity contribution in [2.75, 3.05) is 5.73 Å². The van der Waals surface area contributed by atoms with Crippen LogP contribution >= 0.6 is 0 Å². The van der Waals surface area contributed by atoms with E-state index in [1.54, 1.807) is 30.5 Å². The molecule has 0 saturated carbocycles. The van der Waals surface area contributed by atoms with Gasteiger partial charge in [-0.1, -0.05) is 12.1 Å². The Morgan fingerprint density at radius 3 is 2.88 bits per heavy atom. The normalized spacial score (nSPS) is 10.9. The first-order valence-electron chi connectivity index (χ1n) is 5.10. The number of nitrogens with two attached hydrogens (primary N) is 1. The molecule has 0 radical (unpaired) electrons. The van der Waals surface area contributed by atoms with Gasteiger partial charge >= 0.3 is 0 Å². The van der Waals surface area contributed by atoms with E-state index < -0.39 is 0 Å². The zero-order chi connectivity index (χ0) is 11.8. The third kappa shape index (κ3) is 1.61. The Bertz CT molecular complexity index is 690. The number of hydrogen-bond acceptors (Lipinski definition) is 3. The molecule has 0 aliphatic rings. The first-order valence-corrected chi connectivity index (χ1v) is 5.10. The predicted molar refractivity (Wildman–Crippen MR) is 62.8 cm³/mol. The van der Waals surface area contributed by atoms with Crippen molar-refractivity contribution >= 4 is 11.5 Å². The average Bonchev–Trinajstić information content (AvgIpc) is 2.77. The van der Waals surface area contributed by atoms with Crippen LogP contribution in [0.1, 0.15) is 0 Å². The number of hydrogen-bond donors (Lipinski definition) is 1. The van der Waals surface area contributed by atoms with Crippen LogP contribution in [0.3, 0.4) is 0 Å². The summed E-state index contributed by atoms with van der Waals surface area (Å²) in [5.41, 5.74) is 7.82. The molecule has 2 aromatic heterocycles. The highest BCUT2D eigenvalue weighted by atomic mass is 19.1. The summed E-state index contributed by atoms with van der Waals surface area (Å²) < 4.78 is 14.7. The second kappa shape index (κ2) is 3.55. The highest BCUT2D eigenvalue weighted by Gasteiger charge is 2.06. The van der Waals surface area contributed by atoms with Crippen LogP contribution < -0.4 is 5.73 Å². The van der Waals surface area contributed by atoms with Crippen LogP contribution in [0.25, 0.3) is 16.9 Å². The molecule has 3 aromatic rings. The molecule has 0 aliphatic carbocycles. The van der Waals surface area contributed by atoms with Gasteiger partial charge in [-0.25, -0.2) is 9.37 Å². The molecule has 2 heterocycles. The number of nitrogens with zero attached hydrogens (tertiary/aromatic N) is 3. The van der Waals surface area contributed by atoms with Gasteiger partial charge in [-0.3, -0.25) is 0 Å². The molecule has 4 nitrogen and oxygen atoms in total. The lowest BCUT2D eigenvalue weighted by Crippen LogP contribution is -2.00. The van der Waals surface area contributed by atoms with Gasteiger partial charge in [0.2, 0.25) is 0 Å². The maximum Gasteiger partial charge on any atom is 0.157 e. The Kier molecular flexibility index (Phi) is 2.04. The fourth-order valence-electron chi connectivity index (χ4n) is 1.73. The van der Waals surface area contributed by atoms with Crippen molar-refractivity contribution in [2.45, 2.75) is 0 Å². The van der Waals surface area contributed by atoms with Gasteiger partial charge < -0.3 is 5.73 Å². The van der Waals surface area contributed by atoms with Crippen LogP contribution in [0.5, 0.6) is 0 Å². The molecule has 1 aromatic carbocycles. The number of halogens is 1. The molecule has 3 rings (SSSR count). The molecule has 84 valence electrons. The van der Waals surface area contributed by atoms with Gasteiger partial charge in [-0.2, -0.15) is 9.61 Å². The van der Waals surface area contributed by atoms with E-state index in [4.69, 9.17) is 5.73 Å². The number of nitrogen functional groups attached to an aromatic ring is 1. The summed E-state index contributed by atoms with van der Waals surface area (Å²) in [6.45, 7) is 0. The van der Waals surface area contributed by atoms with Crippen LogP contribution in [-0.2, 0) is 0 Å². The minimum atomic E-state index is -0.295. The summed E-state index contributed by atoms with van der Waals surface area (Å²) in [6.07, 6.45) is 1.62. The lowest BCUT2D eigenvalue weighted by molar-refractivity contribution is 0.628. The van der Waals surface area contributed by atoms with Crippen molar-refractivity contribution in [2.24, 2.45) is 0 Å². The average molecular weight is 228 g/mol. The molecular formula is C12H9FN4. The summed E-state index contributed by atoms with van der Waals surface area (Å²) in [5, 5.41) is 4.03. The van der Waals surface area contributed by atoms with E-state index in [1.807, 2.05) is 0 Å². The summed E-state index contributed by atoms with van der Waals surface area (Å²) >= 11 is 0. The molecule has 0 saturated heterocycles. The van der Waals surface area contributed by atoms with Crippen molar-refractivity contribution in [1.29, 1.82) is 0 Å². The largest absolute Gasteiger partial charge is 0.384 e. The number of benzene rings is 1. The Morgan fingerprint density at radius 2 is 2.06 bits per heavy atom. The molecule has 2 N–H and O–H groups in total. The highest BCUT2D eigenvalue weighted by molar-refractivity contribution is 5.65.